The molecule has 0 unspecified atom stereocenters. The van der Waals surface area contributed by atoms with Crippen molar-refractivity contribution in [1.29, 1.82) is 0 Å². The van der Waals surface area contributed by atoms with Crippen molar-refractivity contribution in [1.82, 2.24) is 10.2 Å². The van der Waals surface area contributed by atoms with Crippen LogP contribution in [0.5, 0.6) is 5.75 Å². The van der Waals surface area contributed by atoms with Gasteiger partial charge in [0.2, 0.25) is 11.8 Å². The van der Waals surface area contributed by atoms with E-state index in [4.69, 9.17) is 4.74 Å². The highest BCUT2D eigenvalue weighted by Gasteiger charge is 2.32. The molecule has 40 heavy (non-hydrogen) atoms. The van der Waals surface area contributed by atoms with Crippen LogP contribution in [-0.4, -0.2) is 51.4 Å². The number of methoxy groups -OCH3 is 1. The second kappa shape index (κ2) is 13.5. The largest absolute Gasteiger partial charge is 0.497 e. The van der Waals surface area contributed by atoms with E-state index in [0.29, 0.717) is 18.0 Å². The molecule has 0 saturated heterocycles. The van der Waals surface area contributed by atoms with E-state index < -0.39 is 28.5 Å². The molecule has 0 radical (unpaired) electrons. The molecule has 3 rings (SSSR count). The number of hydrogen-bond donors (Lipinski definition) is 1. The van der Waals surface area contributed by atoms with E-state index in [0.717, 1.165) is 33.0 Å². The quantitative estimate of drug-likeness (QED) is 0.342. The topological polar surface area (TPSA) is 96.0 Å². The lowest BCUT2D eigenvalue weighted by Crippen LogP contribution is -2.51. The van der Waals surface area contributed by atoms with Crippen LogP contribution in [-0.2, 0) is 26.2 Å². The smallest absolute Gasteiger partial charge is 0.264 e. The molecule has 1 atom stereocenters. The Balaban J connectivity index is 2.04. The molecule has 0 aliphatic heterocycles. The highest BCUT2D eigenvalue weighted by atomic mass is 32.2. The molecule has 1 N–H and O–H groups in total. The Morgan fingerprint density at radius 3 is 2.05 bits per heavy atom. The van der Waals surface area contributed by atoms with Crippen LogP contribution in [0.15, 0.2) is 71.6 Å². The van der Waals surface area contributed by atoms with E-state index in [9.17, 15) is 18.0 Å². The summed E-state index contributed by atoms with van der Waals surface area (Å²) in [6.45, 7) is 9.37. The lowest BCUT2D eigenvalue weighted by atomic mass is 10.1. The van der Waals surface area contributed by atoms with Crippen molar-refractivity contribution >= 4 is 27.5 Å². The van der Waals surface area contributed by atoms with Gasteiger partial charge < -0.3 is 15.0 Å². The van der Waals surface area contributed by atoms with Crippen LogP contribution in [0.25, 0.3) is 0 Å². The van der Waals surface area contributed by atoms with Crippen molar-refractivity contribution in [3.63, 3.8) is 0 Å². The SMILES string of the molecule is CCCNC(=O)[C@@H](C)N(Cc1ccc(OC)cc1)C(=O)CN(c1cc(C)cc(C)c1)S(=O)(=O)c1ccc(C)cc1. The molecule has 3 aromatic carbocycles. The number of amides is 2. The third-order valence-electron chi connectivity index (χ3n) is 6.61. The van der Waals surface area contributed by atoms with Crippen molar-refractivity contribution < 1.29 is 22.7 Å². The summed E-state index contributed by atoms with van der Waals surface area (Å²) in [6.07, 6.45) is 0.750. The maximum absolute atomic E-state index is 14.0. The number of hydrogen-bond acceptors (Lipinski definition) is 5. The summed E-state index contributed by atoms with van der Waals surface area (Å²) in [7, 11) is -2.54. The number of sulfonamides is 1. The third kappa shape index (κ3) is 7.63. The predicted molar refractivity (Wildman–Crippen MR) is 158 cm³/mol. The molecule has 0 aliphatic carbocycles. The van der Waals surface area contributed by atoms with Gasteiger partial charge in [0.05, 0.1) is 17.7 Å². The fourth-order valence-electron chi connectivity index (χ4n) is 4.37. The Hall–Kier alpha value is -3.85. The van der Waals surface area contributed by atoms with Gasteiger partial charge in [-0.15, -0.1) is 0 Å². The van der Waals surface area contributed by atoms with Gasteiger partial charge in [-0.25, -0.2) is 8.42 Å². The van der Waals surface area contributed by atoms with Gasteiger partial charge in [-0.2, -0.15) is 0 Å². The summed E-state index contributed by atoms with van der Waals surface area (Å²) < 4.78 is 34.3. The monoisotopic (exact) mass is 565 g/mol. The zero-order valence-electron chi connectivity index (χ0n) is 24.1. The lowest BCUT2D eigenvalue weighted by Gasteiger charge is -2.32. The van der Waals surface area contributed by atoms with Crippen LogP contribution in [0.1, 0.15) is 42.5 Å². The molecule has 0 aromatic heterocycles. The van der Waals surface area contributed by atoms with Crippen LogP contribution in [0.3, 0.4) is 0 Å². The molecule has 0 aliphatic rings. The van der Waals surface area contributed by atoms with Gasteiger partial charge in [0, 0.05) is 13.1 Å². The predicted octanol–water partition coefficient (Wildman–Crippen LogP) is 4.76. The zero-order chi connectivity index (χ0) is 29.4. The standard InChI is InChI=1S/C31H39N3O5S/c1-7-16-32-31(36)25(5)33(20-26-10-12-28(39-6)13-11-26)30(35)21-34(27-18-23(3)17-24(4)19-27)40(37,38)29-14-8-22(2)9-15-29/h8-15,17-19,25H,7,16,20-21H2,1-6H3,(H,32,36)/t25-/m1/s1. The van der Waals surface area contributed by atoms with Gasteiger partial charge in [-0.05, 0) is 87.2 Å². The van der Waals surface area contributed by atoms with E-state index in [-0.39, 0.29) is 17.3 Å². The number of nitrogens with zero attached hydrogens (tertiary/aromatic N) is 2. The van der Waals surface area contributed by atoms with E-state index >= 15 is 0 Å². The number of carbonyl (C=O) groups is 2. The number of ether oxygens (including phenoxy) is 1. The van der Waals surface area contributed by atoms with E-state index in [1.54, 1.807) is 62.6 Å². The summed E-state index contributed by atoms with van der Waals surface area (Å²) in [4.78, 5) is 28.5. The number of anilines is 1. The Labute approximate surface area is 238 Å². The zero-order valence-corrected chi connectivity index (χ0v) is 24.9. The first-order chi connectivity index (χ1) is 19.0. The van der Waals surface area contributed by atoms with E-state index in [1.807, 2.05) is 45.9 Å². The Morgan fingerprint density at radius 1 is 0.900 bits per heavy atom. The fraction of sp³-hybridized carbons (Fsp3) is 0.355. The summed E-state index contributed by atoms with van der Waals surface area (Å²) >= 11 is 0. The van der Waals surface area contributed by atoms with Crippen LogP contribution in [0.2, 0.25) is 0 Å². The van der Waals surface area contributed by atoms with Gasteiger partial charge in [-0.1, -0.05) is 42.8 Å². The number of rotatable bonds is 12. The highest BCUT2D eigenvalue weighted by Crippen LogP contribution is 2.27. The molecule has 0 fully saturated rings. The summed E-state index contributed by atoms with van der Waals surface area (Å²) in [6, 6.07) is 18.3. The maximum atomic E-state index is 14.0. The van der Waals surface area contributed by atoms with Crippen LogP contribution in [0.4, 0.5) is 5.69 Å². The van der Waals surface area contributed by atoms with E-state index in [2.05, 4.69) is 5.32 Å². The van der Waals surface area contributed by atoms with Crippen molar-refractivity contribution in [2.75, 3.05) is 24.5 Å². The first-order valence-corrected chi connectivity index (χ1v) is 14.8. The maximum Gasteiger partial charge on any atom is 0.264 e. The molecule has 0 bridgehead atoms. The van der Waals surface area contributed by atoms with Crippen molar-refractivity contribution in [3.8, 4) is 5.75 Å². The molecule has 0 heterocycles. The molecular weight excluding hydrogens is 526 g/mol. The summed E-state index contributed by atoms with van der Waals surface area (Å²) in [5.74, 6) is -0.131. The summed E-state index contributed by atoms with van der Waals surface area (Å²) in [5, 5.41) is 2.85. The minimum absolute atomic E-state index is 0.0838. The Morgan fingerprint density at radius 2 is 1.50 bits per heavy atom. The van der Waals surface area contributed by atoms with Crippen molar-refractivity contribution in [3.05, 3.63) is 89.0 Å². The molecule has 0 saturated carbocycles. The average molecular weight is 566 g/mol. The van der Waals surface area contributed by atoms with E-state index in [1.165, 1.54) is 4.90 Å². The van der Waals surface area contributed by atoms with Gasteiger partial charge in [0.15, 0.2) is 0 Å². The number of benzene rings is 3. The average Bonchev–Trinajstić information content (AvgIpc) is 2.92. The second-order valence-electron chi connectivity index (χ2n) is 10.0. The second-order valence-corrected chi connectivity index (χ2v) is 11.9. The first-order valence-electron chi connectivity index (χ1n) is 13.3. The van der Waals surface area contributed by atoms with Gasteiger partial charge in [0.25, 0.3) is 10.0 Å². The Bertz CT molecular complexity index is 1400. The third-order valence-corrected chi connectivity index (χ3v) is 8.40. The lowest BCUT2D eigenvalue weighted by molar-refractivity contribution is -0.139. The minimum Gasteiger partial charge on any atom is -0.497 e. The summed E-state index contributed by atoms with van der Waals surface area (Å²) in [5.41, 5.74) is 3.83. The fourth-order valence-corrected chi connectivity index (χ4v) is 5.76. The van der Waals surface area contributed by atoms with Crippen molar-refractivity contribution in [2.24, 2.45) is 0 Å². The Kier molecular flexibility index (Phi) is 10.3. The van der Waals surface area contributed by atoms with Crippen LogP contribution in [0, 0.1) is 20.8 Å². The molecule has 214 valence electrons. The molecular formula is C31H39N3O5S. The number of carbonyl (C=O) groups excluding carboxylic acids is 2. The number of nitrogens with one attached hydrogen (secondary N) is 1. The normalized spacial score (nSPS) is 11.9. The van der Waals surface area contributed by atoms with Crippen molar-refractivity contribution in [2.45, 2.75) is 58.5 Å². The first kappa shape index (κ1) is 30.7. The van der Waals surface area contributed by atoms with Gasteiger partial charge in [-0.3, -0.25) is 13.9 Å². The van der Waals surface area contributed by atoms with Crippen LogP contribution < -0.4 is 14.4 Å². The molecule has 9 heteroatoms. The molecule has 3 aromatic rings. The van der Waals surface area contributed by atoms with Crippen LogP contribution >= 0.6 is 0 Å². The number of aryl methyl sites for hydroxylation is 3. The minimum atomic E-state index is -4.11. The van der Waals surface area contributed by atoms with Gasteiger partial charge in [0.1, 0.15) is 18.3 Å². The molecule has 0 spiro atoms. The van der Waals surface area contributed by atoms with Gasteiger partial charge >= 0.3 is 0 Å². The highest BCUT2D eigenvalue weighted by molar-refractivity contribution is 7.92. The molecule has 2 amide bonds. The molecule has 8 nitrogen and oxygen atoms in total.